The van der Waals surface area contributed by atoms with Gasteiger partial charge in [0, 0.05) is 25.6 Å². The molecule has 1 saturated heterocycles. The number of amides is 2. The molecule has 0 atom stereocenters. The number of benzene rings is 2. The highest BCUT2D eigenvalue weighted by Gasteiger charge is 2.32. The first-order valence-corrected chi connectivity index (χ1v) is 13.8. The molecule has 0 spiro atoms. The van der Waals surface area contributed by atoms with Crippen molar-refractivity contribution in [2.45, 2.75) is 51.6 Å². The van der Waals surface area contributed by atoms with Crippen LogP contribution in [0.25, 0.3) is 5.69 Å². The van der Waals surface area contributed by atoms with Gasteiger partial charge in [0.25, 0.3) is 5.91 Å². The van der Waals surface area contributed by atoms with Crippen LogP contribution in [0.5, 0.6) is 17.2 Å². The third kappa shape index (κ3) is 7.31. The summed E-state index contributed by atoms with van der Waals surface area (Å²) < 4.78 is 23.4. The molecule has 3 aromatic rings. The van der Waals surface area contributed by atoms with Crippen LogP contribution in [0.15, 0.2) is 48.7 Å². The molecule has 10 nitrogen and oxygen atoms in total. The molecule has 0 unspecified atom stereocenters. The summed E-state index contributed by atoms with van der Waals surface area (Å²) in [5.41, 5.74) is 2.67. The van der Waals surface area contributed by atoms with E-state index in [1.807, 2.05) is 67.9 Å². The van der Waals surface area contributed by atoms with Crippen LogP contribution >= 0.6 is 0 Å². The first-order chi connectivity index (χ1) is 19.6. The third-order valence-electron chi connectivity index (χ3n) is 7.05. The van der Waals surface area contributed by atoms with Gasteiger partial charge >= 0.3 is 6.09 Å². The minimum Gasteiger partial charge on any atom is -0.497 e. The van der Waals surface area contributed by atoms with Gasteiger partial charge < -0.3 is 29.2 Å². The SMILES string of the molecule is COc1ccc(-n2ncc(C(=O)NCCc3ccc(OC)c(OC)c3)c2C2CCN(C(=O)OC(C)(C)C)CC2)cc1. The van der Waals surface area contributed by atoms with Gasteiger partial charge in [0.05, 0.1) is 44.5 Å². The number of likely N-dealkylation sites (tertiary alicyclic amines) is 1. The Morgan fingerprint density at radius 3 is 2.24 bits per heavy atom. The number of piperidine rings is 1. The Labute approximate surface area is 241 Å². The monoisotopic (exact) mass is 564 g/mol. The van der Waals surface area contributed by atoms with Crippen LogP contribution in [-0.4, -0.2) is 73.2 Å². The smallest absolute Gasteiger partial charge is 0.410 e. The summed E-state index contributed by atoms with van der Waals surface area (Å²) in [7, 11) is 4.82. The number of ether oxygens (including phenoxy) is 4. The molecule has 1 fully saturated rings. The highest BCUT2D eigenvalue weighted by molar-refractivity contribution is 5.95. The van der Waals surface area contributed by atoms with Gasteiger partial charge in [-0.15, -0.1) is 0 Å². The van der Waals surface area contributed by atoms with E-state index in [2.05, 4.69) is 10.4 Å². The summed E-state index contributed by atoms with van der Waals surface area (Å²) in [5.74, 6) is 1.90. The predicted molar refractivity (Wildman–Crippen MR) is 155 cm³/mol. The lowest BCUT2D eigenvalue weighted by Gasteiger charge is -2.34. The Balaban J connectivity index is 1.52. The molecule has 0 saturated carbocycles. The molecule has 2 amide bonds. The van der Waals surface area contributed by atoms with Gasteiger partial charge in [-0.05, 0) is 82.0 Å². The van der Waals surface area contributed by atoms with Gasteiger partial charge in [-0.2, -0.15) is 5.10 Å². The van der Waals surface area contributed by atoms with E-state index >= 15 is 0 Å². The fraction of sp³-hybridized carbons (Fsp3) is 0.452. The minimum atomic E-state index is -0.552. The molecule has 1 aliphatic heterocycles. The first kappa shape index (κ1) is 29.8. The number of nitrogens with zero attached hydrogens (tertiary/aromatic N) is 3. The second-order valence-corrected chi connectivity index (χ2v) is 11.0. The fourth-order valence-electron chi connectivity index (χ4n) is 4.97. The largest absolute Gasteiger partial charge is 0.497 e. The molecule has 220 valence electrons. The van der Waals surface area contributed by atoms with E-state index in [9.17, 15) is 9.59 Å². The number of hydrogen-bond donors (Lipinski definition) is 1. The molecule has 0 bridgehead atoms. The molecule has 10 heteroatoms. The second-order valence-electron chi connectivity index (χ2n) is 11.0. The number of hydrogen-bond acceptors (Lipinski definition) is 7. The van der Waals surface area contributed by atoms with Gasteiger partial charge in [-0.25, -0.2) is 9.48 Å². The van der Waals surface area contributed by atoms with Crippen LogP contribution < -0.4 is 19.5 Å². The van der Waals surface area contributed by atoms with E-state index in [0.29, 0.717) is 56.0 Å². The van der Waals surface area contributed by atoms with Crippen molar-refractivity contribution < 1.29 is 28.5 Å². The number of methoxy groups -OCH3 is 3. The Hall–Kier alpha value is -4.21. The average molecular weight is 565 g/mol. The Morgan fingerprint density at radius 1 is 0.951 bits per heavy atom. The molecule has 4 rings (SSSR count). The van der Waals surface area contributed by atoms with E-state index in [1.165, 1.54) is 0 Å². The first-order valence-electron chi connectivity index (χ1n) is 13.8. The number of carbonyl (C=O) groups excluding carboxylic acids is 2. The summed E-state index contributed by atoms with van der Waals surface area (Å²) in [6, 6.07) is 13.3. The lowest BCUT2D eigenvalue weighted by Crippen LogP contribution is -2.41. The maximum atomic E-state index is 13.5. The van der Waals surface area contributed by atoms with Gasteiger partial charge in [-0.1, -0.05) is 6.07 Å². The zero-order valence-corrected chi connectivity index (χ0v) is 24.7. The Morgan fingerprint density at radius 2 is 1.63 bits per heavy atom. The van der Waals surface area contributed by atoms with E-state index in [1.54, 1.807) is 32.4 Å². The van der Waals surface area contributed by atoms with Crippen molar-refractivity contribution in [3.05, 3.63) is 65.5 Å². The quantitative estimate of drug-likeness (QED) is 0.391. The summed E-state index contributed by atoms with van der Waals surface area (Å²) in [6.45, 7) is 7.10. The van der Waals surface area contributed by atoms with Crippen molar-refractivity contribution in [3.63, 3.8) is 0 Å². The summed E-state index contributed by atoms with van der Waals surface area (Å²) in [4.78, 5) is 27.9. The van der Waals surface area contributed by atoms with Crippen molar-refractivity contribution in [2.75, 3.05) is 41.0 Å². The molecule has 0 radical (unpaired) electrons. The molecule has 1 N–H and O–H groups in total. The third-order valence-corrected chi connectivity index (χ3v) is 7.05. The van der Waals surface area contributed by atoms with Crippen LogP contribution in [0.3, 0.4) is 0 Å². The Bertz CT molecular complexity index is 1340. The fourth-order valence-corrected chi connectivity index (χ4v) is 4.97. The number of aromatic nitrogens is 2. The molecular weight excluding hydrogens is 524 g/mol. The van der Waals surface area contributed by atoms with Crippen molar-refractivity contribution >= 4 is 12.0 Å². The summed E-state index contributed by atoms with van der Waals surface area (Å²) in [6.07, 6.45) is 3.32. The average Bonchev–Trinajstić information content (AvgIpc) is 3.41. The van der Waals surface area contributed by atoms with Crippen LogP contribution in [-0.2, 0) is 11.2 Å². The summed E-state index contributed by atoms with van der Waals surface area (Å²) in [5, 5.41) is 7.69. The number of nitrogens with one attached hydrogen (secondary N) is 1. The van der Waals surface area contributed by atoms with E-state index in [-0.39, 0.29) is 17.9 Å². The van der Waals surface area contributed by atoms with E-state index in [0.717, 1.165) is 22.7 Å². The van der Waals surface area contributed by atoms with Crippen LogP contribution in [0.1, 0.15) is 61.1 Å². The molecular formula is C31H40N4O6. The zero-order valence-electron chi connectivity index (χ0n) is 24.7. The lowest BCUT2D eigenvalue weighted by molar-refractivity contribution is 0.0203. The van der Waals surface area contributed by atoms with Crippen molar-refractivity contribution in [2.24, 2.45) is 0 Å². The maximum Gasteiger partial charge on any atom is 0.410 e. The molecule has 2 heterocycles. The van der Waals surface area contributed by atoms with E-state index < -0.39 is 5.60 Å². The maximum absolute atomic E-state index is 13.5. The normalized spacial score (nSPS) is 14.0. The number of carbonyl (C=O) groups is 2. The van der Waals surface area contributed by atoms with Crippen molar-refractivity contribution in [1.29, 1.82) is 0 Å². The molecule has 0 aliphatic carbocycles. The standard InChI is InChI=1S/C31H40N4O6/c1-31(2,3)41-30(37)34-17-14-22(15-18-34)28-25(20-33-35(28)23-8-10-24(38-4)11-9-23)29(36)32-16-13-21-7-12-26(39-5)27(19-21)40-6/h7-12,19-20,22H,13-18H2,1-6H3,(H,32,36). The van der Waals surface area contributed by atoms with Crippen molar-refractivity contribution in [3.8, 4) is 22.9 Å². The Kier molecular flexibility index (Phi) is 9.42. The van der Waals surface area contributed by atoms with Crippen LogP contribution in [0.4, 0.5) is 4.79 Å². The highest BCUT2D eigenvalue weighted by atomic mass is 16.6. The van der Waals surface area contributed by atoms with Gasteiger partial charge in [-0.3, -0.25) is 4.79 Å². The lowest BCUT2D eigenvalue weighted by atomic mass is 9.91. The van der Waals surface area contributed by atoms with E-state index in [4.69, 9.17) is 18.9 Å². The molecule has 2 aromatic carbocycles. The number of rotatable bonds is 9. The topological polar surface area (TPSA) is 104 Å². The summed E-state index contributed by atoms with van der Waals surface area (Å²) >= 11 is 0. The molecule has 41 heavy (non-hydrogen) atoms. The minimum absolute atomic E-state index is 0.0323. The highest BCUT2D eigenvalue weighted by Crippen LogP contribution is 2.33. The van der Waals surface area contributed by atoms with Gasteiger partial charge in [0.1, 0.15) is 11.4 Å². The van der Waals surface area contributed by atoms with Crippen molar-refractivity contribution in [1.82, 2.24) is 20.0 Å². The van der Waals surface area contributed by atoms with Crippen LogP contribution in [0.2, 0.25) is 0 Å². The molecule has 1 aromatic heterocycles. The predicted octanol–water partition coefficient (Wildman–Crippen LogP) is 4.99. The van der Waals surface area contributed by atoms with Gasteiger partial charge in [0.15, 0.2) is 11.5 Å². The zero-order chi connectivity index (χ0) is 29.6. The second kappa shape index (κ2) is 13.0. The van der Waals surface area contributed by atoms with Gasteiger partial charge in [0.2, 0.25) is 0 Å². The molecule has 1 aliphatic rings. The van der Waals surface area contributed by atoms with Crippen LogP contribution in [0, 0.1) is 0 Å².